The smallest absolute Gasteiger partial charge is 0.0590 e. The van der Waals surface area contributed by atoms with Gasteiger partial charge in [0.15, 0.2) is 0 Å². The van der Waals surface area contributed by atoms with E-state index in [1.165, 1.54) is 42.5 Å². The predicted molar refractivity (Wildman–Crippen MR) is 86.2 cm³/mol. The highest BCUT2D eigenvalue weighted by molar-refractivity contribution is 7.10. The van der Waals surface area contributed by atoms with Crippen molar-refractivity contribution in [3.05, 3.63) is 20.8 Å². The minimum absolute atomic E-state index is 0.463. The number of halogens is 1. The molecule has 0 aliphatic heterocycles. The second kappa shape index (κ2) is 7.10. The highest BCUT2D eigenvalue weighted by Crippen LogP contribution is 2.43. The van der Waals surface area contributed by atoms with E-state index in [4.69, 9.17) is 11.6 Å². The summed E-state index contributed by atoms with van der Waals surface area (Å²) in [7, 11) is 0. The van der Waals surface area contributed by atoms with E-state index >= 15 is 0 Å². The maximum Gasteiger partial charge on any atom is 0.0590 e. The van der Waals surface area contributed by atoms with Crippen LogP contribution in [-0.2, 0) is 0 Å². The molecule has 0 radical (unpaired) electrons. The lowest BCUT2D eigenvalue weighted by Crippen LogP contribution is -2.31. The minimum atomic E-state index is 0.463. The van der Waals surface area contributed by atoms with Gasteiger partial charge in [-0.2, -0.15) is 0 Å². The van der Waals surface area contributed by atoms with Gasteiger partial charge in [0.1, 0.15) is 0 Å². The molecule has 1 aliphatic carbocycles. The Morgan fingerprint density at radius 1 is 1.42 bits per heavy atom. The molecule has 108 valence electrons. The van der Waals surface area contributed by atoms with Crippen molar-refractivity contribution in [3.8, 4) is 0 Å². The van der Waals surface area contributed by atoms with Crippen molar-refractivity contribution in [1.82, 2.24) is 5.32 Å². The number of rotatable bonds is 5. The van der Waals surface area contributed by atoms with E-state index in [2.05, 4.69) is 31.5 Å². The number of hydrogen-bond acceptors (Lipinski definition) is 2. The molecule has 1 aromatic heterocycles. The van der Waals surface area contributed by atoms with Crippen molar-refractivity contribution >= 4 is 22.9 Å². The first kappa shape index (κ1) is 15.3. The van der Waals surface area contributed by atoms with E-state index in [1.807, 2.05) is 11.3 Å². The summed E-state index contributed by atoms with van der Waals surface area (Å²) in [6.45, 7) is 7.66. The molecule has 0 aromatic carbocycles. The average molecular weight is 300 g/mol. The largest absolute Gasteiger partial charge is 0.309 e. The summed E-state index contributed by atoms with van der Waals surface area (Å²) in [6, 6.07) is 0.463. The molecule has 3 heteroatoms. The zero-order valence-corrected chi connectivity index (χ0v) is 13.9. The zero-order valence-electron chi connectivity index (χ0n) is 12.3. The lowest BCUT2D eigenvalue weighted by atomic mass is 9.76. The quantitative estimate of drug-likeness (QED) is 0.748. The summed E-state index contributed by atoms with van der Waals surface area (Å²) in [5.41, 5.74) is 1.23. The van der Waals surface area contributed by atoms with Crippen molar-refractivity contribution in [2.45, 2.75) is 58.9 Å². The van der Waals surface area contributed by atoms with Crippen molar-refractivity contribution in [2.75, 3.05) is 6.54 Å². The molecule has 2 rings (SSSR count). The van der Waals surface area contributed by atoms with E-state index in [-0.39, 0.29) is 0 Å². The summed E-state index contributed by atoms with van der Waals surface area (Å²) in [6.07, 6.45) is 6.84. The molecule has 0 spiro atoms. The van der Waals surface area contributed by atoms with Crippen LogP contribution in [0.5, 0.6) is 0 Å². The van der Waals surface area contributed by atoms with Crippen molar-refractivity contribution in [2.24, 2.45) is 11.8 Å². The van der Waals surface area contributed by atoms with Gasteiger partial charge in [0.05, 0.1) is 5.02 Å². The van der Waals surface area contributed by atoms with Gasteiger partial charge in [0.2, 0.25) is 0 Å². The van der Waals surface area contributed by atoms with E-state index in [0.29, 0.717) is 6.04 Å². The van der Waals surface area contributed by atoms with Gasteiger partial charge in [0.25, 0.3) is 0 Å². The molecule has 3 unspecified atom stereocenters. The number of aryl methyl sites for hydroxylation is 1. The van der Waals surface area contributed by atoms with Crippen LogP contribution in [0.2, 0.25) is 5.02 Å². The Balaban J connectivity index is 2.17. The van der Waals surface area contributed by atoms with Crippen LogP contribution in [0, 0.1) is 18.8 Å². The van der Waals surface area contributed by atoms with Gasteiger partial charge < -0.3 is 5.32 Å². The van der Waals surface area contributed by atoms with Crippen LogP contribution < -0.4 is 5.32 Å². The fraction of sp³-hybridized carbons (Fsp3) is 0.750. The van der Waals surface area contributed by atoms with Gasteiger partial charge in [-0.3, -0.25) is 0 Å². The highest BCUT2D eigenvalue weighted by Gasteiger charge is 2.30. The molecule has 1 aromatic rings. The zero-order chi connectivity index (χ0) is 13.8. The van der Waals surface area contributed by atoms with Crippen molar-refractivity contribution in [3.63, 3.8) is 0 Å². The van der Waals surface area contributed by atoms with Crippen molar-refractivity contribution in [1.29, 1.82) is 0 Å². The highest BCUT2D eigenvalue weighted by atomic mass is 35.5. The molecular formula is C16H26ClNS. The maximum atomic E-state index is 6.50. The van der Waals surface area contributed by atoms with Crippen molar-refractivity contribution < 1.29 is 0 Å². The fourth-order valence-corrected chi connectivity index (χ4v) is 4.84. The summed E-state index contributed by atoms with van der Waals surface area (Å²) in [5.74, 6) is 1.67. The van der Waals surface area contributed by atoms with E-state index in [0.717, 1.165) is 23.4 Å². The second-order valence-corrected chi connectivity index (χ2v) is 7.12. The summed E-state index contributed by atoms with van der Waals surface area (Å²) in [5, 5.41) is 6.88. The SMILES string of the molecule is CCNC(c1scc(C)c1Cl)C1CCCC(CC)C1. The van der Waals surface area contributed by atoms with E-state index in [1.54, 1.807) is 0 Å². The molecule has 19 heavy (non-hydrogen) atoms. The Morgan fingerprint density at radius 2 is 2.21 bits per heavy atom. The van der Waals surface area contributed by atoms with Crippen LogP contribution >= 0.6 is 22.9 Å². The Morgan fingerprint density at radius 3 is 2.79 bits per heavy atom. The Labute approximate surface area is 126 Å². The third kappa shape index (κ3) is 3.53. The first-order valence-electron chi connectivity index (χ1n) is 7.64. The molecule has 1 fully saturated rings. The maximum absolute atomic E-state index is 6.50. The van der Waals surface area contributed by atoms with Crippen LogP contribution in [0.1, 0.15) is 62.4 Å². The Hall–Kier alpha value is -0.0500. The molecule has 1 aliphatic rings. The second-order valence-electron chi connectivity index (χ2n) is 5.83. The molecule has 0 bridgehead atoms. The fourth-order valence-electron chi connectivity index (χ4n) is 3.36. The molecule has 1 heterocycles. The third-order valence-electron chi connectivity index (χ3n) is 4.50. The standard InChI is InChI=1S/C16H26ClNS/c1-4-12-7-6-8-13(9-12)15(18-5-2)16-14(17)11(3)10-19-16/h10,12-13,15,18H,4-9H2,1-3H3. The lowest BCUT2D eigenvalue weighted by Gasteiger charge is -2.34. The van der Waals surface area contributed by atoms with E-state index < -0.39 is 0 Å². The molecular weight excluding hydrogens is 274 g/mol. The average Bonchev–Trinajstić information content (AvgIpc) is 2.76. The topological polar surface area (TPSA) is 12.0 Å². The molecule has 1 saturated carbocycles. The third-order valence-corrected chi connectivity index (χ3v) is 6.30. The monoisotopic (exact) mass is 299 g/mol. The normalized spacial score (nSPS) is 25.5. The van der Waals surface area contributed by atoms with Gasteiger partial charge in [-0.1, -0.05) is 44.7 Å². The van der Waals surface area contributed by atoms with Crippen LogP contribution in [0.15, 0.2) is 5.38 Å². The summed E-state index contributed by atoms with van der Waals surface area (Å²) in [4.78, 5) is 1.36. The van der Waals surface area contributed by atoms with Gasteiger partial charge in [-0.25, -0.2) is 0 Å². The lowest BCUT2D eigenvalue weighted by molar-refractivity contribution is 0.212. The number of hydrogen-bond donors (Lipinski definition) is 1. The van der Waals surface area contributed by atoms with Crippen LogP contribution in [0.4, 0.5) is 0 Å². The Bertz CT molecular complexity index is 401. The predicted octanol–water partition coefficient (Wildman–Crippen LogP) is 5.58. The van der Waals surface area contributed by atoms with Crippen LogP contribution in [-0.4, -0.2) is 6.54 Å². The van der Waals surface area contributed by atoms with Crippen LogP contribution in [0.3, 0.4) is 0 Å². The molecule has 1 nitrogen and oxygen atoms in total. The first-order chi connectivity index (χ1) is 9.17. The van der Waals surface area contributed by atoms with Gasteiger partial charge in [-0.05, 0) is 49.1 Å². The molecule has 1 N–H and O–H groups in total. The number of nitrogens with one attached hydrogen (secondary N) is 1. The Kier molecular flexibility index (Phi) is 5.73. The van der Waals surface area contributed by atoms with Gasteiger partial charge in [0, 0.05) is 10.9 Å². The molecule has 0 saturated heterocycles. The van der Waals surface area contributed by atoms with Gasteiger partial charge >= 0.3 is 0 Å². The molecule has 3 atom stereocenters. The first-order valence-corrected chi connectivity index (χ1v) is 8.89. The molecule has 0 amide bonds. The van der Waals surface area contributed by atoms with E-state index in [9.17, 15) is 0 Å². The minimum Gasteiger partial charge on any atom is -0.309 e. The summed E-state index contributed by atoms with van der Waals surface area (Å²) < 4.78 is 0. The van der Waals surface area contributed by atoms with Crippen LogP contribution in [0.25, 0.3) is 0 Å². The summed E-state index contributed by atoms with van der Waals surface area (Å²) >= 11 is 8.33. The number of thiophene rings is 1. The van der Waals surface area contributed by atoms with Gasteiger partial charge in [-0.15, -0.1) is 11.3 Å².